The summed E-state index contributed by atoms with van der Waals surface area (Å²) in [7, 11) is 1.36. The molecule has 0 saturated heterocycles. The standard InChI is InChI=1S/C13H10Cl2FNO2/c1-18-12-6-13(11(17)5-10(12)16)19-7-2-3-8(14)9(15)4-7/h2-6H,17H2,1H3. The van der Waals surface area contributed by atoms with Gasteiger partial charge in [0.05, 0.1) is 22.8 Å². The van der Waals surface area contributed by atoms with Gasteiger partial charge in [0, 0.05) is 18.2 Å². The Morgan fingerprint density at radius 3 is 2.42 bits per heavy atom. The minimum absolute atomic E-state index is 0.0456. The van der Waals surface area contributed by atoms with Crippen LogP contribution in [0, 0.1) is 5.82 Å². The van der Waals surface area contributed by atoms with E-state index in [1.807, 2.05) is 0 Å². The molecule has 0 aliphatic heterocycles. The molecule has 2 aromatic carbocycles. The maximum atomic E-state index is 13.4. The molecule has 0 aliphatic carbocycles. The first kappa shape index (κ1) is 13.8. The molecule has 0 unspecified atom stereocenters. The number of nitrogens with two attached hydrogens (primary N) is 1. The van der Waals surface area contributed by atoms with E-state index in [-0.39, 0.29) is 17.2 Å². The van der Waals surface area contributed by atoms with Crippen molar-refractivity contribution in [2.24, 2.45) is 0 Å². The van der Waals surface area contributed by atoms with Crippen molar-refractivity contribution in [1.82, 2.24) is 0 Å². The summed E-state index contributed by atoms with van der Waals surface area (Å²) in [6.07, 6.45) is 0. The van der Waals surface area contributed by atoms with Gasteiger partial charge in [-0.1, -0.05) is 23.2 Å². The smallest absolute Gasteiger partial charge is 0.167 e. The molecule has 0 heterocycles. The molecule has 19 heavy (non-hydrogen) atoms. The van der Waals surface area contributed by atoms with Crippen molar-refractivity contribution in [3.63, 3.8) is 0 Å². The zero-order valence-corrected chi connectivity index (χ0v) is 11.4. The second-order valence-corrected chi connectivity index (χ2v) is 4.52. The highest BCUT2D eigenvalue weighted by molar-refractivity contribution is 6.42. The molecule has 0 fully saturated rings. The number of nitrogen functional groups attached to an aromatic ring is 1. The molecule has 0 amide bonds. The second-order valence-electron chi connectivity index (χ2n) is 3.70. The molecule has 0 aromatic heterocycles. The fourth-order valence-corrected chi connectivity index (χ4v) is 1.75. The molecule has 2 N–H and O–H groups in total. The Balaban J connectivity index is 2.34. The van der Waals surface area contributed by atoms with Crippen LogP contribution in [0.25, 0.3) is 0 Å². The van der Waals surface area contributed by atoms with Gasteiger partial charge < -0.3 is 15.2 Å². The molecule has 0 saturated carbocycles. The third kappa shape index (κ3) is 3.03. The normalized spacial score (nSPS) is 10.3. The Kier molecular flexibility index (Phi) is 4.02. The van der Waals surface area contributed by atoms with Crippen molar-refractivity contribution in [2.45, 2.75) is 0 Å². The Morgan fingerprint density at radius 1 is 1.05 bits per heavy atom. The van der Waals surface area contributed by atoms with Gasteiger partial charge in [0.1, 0.15) is 5.75 Å². The van der Waals surface area contributed by atoms with Crippen molar-refractivity contribution < 1.29 is 13.9 Å². The first-order chi connectivity index (χ1) is 9.01. The van der Waals surface area contributed by atoms with Crippen LogP contribution in [-0.2, 0) is 0 Å². The number of hydrogen-bond donors (Lipinski definition) is 1. The molecule has 6 heteroatoms. The van der Waals surface area contributed by atoms with Gasteiger partial charge >= 0.3 is 0 Å². The van der Waals surface area contributed by atoms with Crippen molar-refractivity contribution in [3.05, 3.63) is 46.2 Å². The Labute approximate surface area is 119 Å². The number of anilines is 1. The topological polar surface area (TPSA) is 44.5 Å². The first-order valence-corrected chi connectivity index (χ1v) is 6.02. The maximum Gasteiger partial charge on any atom is 0.167 e. The zero-order chi connectivity index (χ0) is 14.0. The van der Waals surface area contributed by atoms with Gasteiger partial charge in [0.15, 0.2) is 17.3 Å². The summed E-state index contributed by atoms with van der Waals surface area (Å²) in [4.78, 5) is 0. The lowest BCUT2D eigenvalue weighted by Gasteiger charge is -2.11. The van der Waals surface area contributed by atoms with E-state index in [0.717, 1.165) is 6.07 Å². The van der Waals surface area contributed by atoms with Crippen molar-refractivity contribution in [1.29, 1.82) is 0 Å². The van der Waals surface area contributed by atoms with Gasteiger partial charge in [-0.05, 0) is 12.1 Å². The number of hydrogen-bond acceptors (Lipinski definition) is 3. The van der Waals surface area contributed by atoms with E-state index in [2.05, 4.69) is 0 Å². The van der Waals surface area contributed by atoms with E-state index in [0.29, 0.717) is 15.8 Å². The molecule has 0 radical (unpaired) electrons. The number of benzene rings is 2. The van der Waals surface area contributed by atoms with Crippen molar-refractivity contribution in [2.75, 3.05) is 12.8 Å². The average molecular weight is 302 g/mol. The molecule has 0 atom stereocenters. The van der Waals surface area contributed by atoms with Crippen LogP contribution in [0.1, 0.15) is 0 Å². The van der Waals surface area contributed by atoms with Crippen LogP contribution < -0.4 is 15.2 Å². The van der Waals surface area contributed by atoms with Gasteiger partial charge in [0.25, 0.3) is 0 Å². The molecule has 2 rings (SSSR count). The Morgan fingerprint density at radius 2 is 1.79 bits per heavy atom. The van der Waals surface area contributed by atoms with Crippen LogP contribution >= 0.6 is 23.2 Å². The van der Waals surface area contributed by atoms with Crippen molar-refractivity contribution >= 4 is 28.9 Å². The summed E-state index contributed by atoms with van der Waals surface area (Å²) >= 11 is 11.7. The van der Waals surface area contributed by atoms with Gasteiger partial charge in [-0.2, -0.15) is 0 Å². The molecule has 2 aromatic rings. The number of rotatable bonds is 3. The Hall–Kier alpha value is -1.65. The minimum Gasteiger partial charge on any atom is -0.494 e. The van der Waals surface area contributed by atoms with Crippen LogP contribution in [0.15, 0.2) is 30.3 Å². The largest absolute Gasteiger partial charge is 0.494 e. The molecule has 3 nitrogen and oxygen atoms in total. The van der Waals surface area contributed by atoms with Crippen LogP contribution in [0.4, 0.5) is 10.1 Å². The molecule has 0 bridgehead atoms. The van der Waals surface area contributed by atoms with Crippen molar-refractivity contribution in [3.8, 4) is 17.2 Å². The quantitative estimate of drug-likeness (QED) is 0.848. The molecular formula is C13H10Cl2FNO2. The number of halogens is 3. The lowest BCUT2D eigenvalue weighted by molar-refractivity contribution is 0.382. The van der Waals surface area contributed by atoms with Gasteiger partial charge in [-0.3, -0.25) is 0 Å². The summed E-state index contributed by atoms with van der Waals surface area (Å²) in [6, 6.07) is 7.26. The summed E-state index contributed by atoms with van der Waals surface area (Å²) < 4.78 is 23.8. The molecule has 0 spiro atoms. The van der Waals surface area contributed by atoms with Crippen LogP contribution in [0.5, 0.6) is 17.2 Å². The molecule has 100 valence electrons. The molecule has 0 aliphatic rings. The fraction of sp³-hybridized carbons (Fsp3) is 0.0769. The van der Waals surface area contributed by atoms with Gasteiger partial charge in [-0.25, -0.2) is 4.39 Å². The highest BCUT2D eigenvalue weighted by atomic mass is 35.5. The van der Waals surface area contributed by atoms with E-state index >= 15 is 0 Å². The second kappa shape index (κ2) is 5.55. The predicted octanol–water partition coefficient (Wildman–Crippen LogP) is 4.52. The van der Waals surface area contributed by atoms with Crippen LogP contribution in [-0.4, -0.2) is 7.11 Å². The highest BCUT2D eigenvalue weighted by Gasteiger charge is 2.11. The summed E-state index contributed by atoms with van der Waals surface area (Å²) in [5.74, 6) is 0.206. The summed E-state index contributed by atoms with van der Waals surface area (Å²) in [5.41, 5.74) is 5.84. The average Bonchev–Trinajstić information content (AvgIpc) is 2.37. The van der Waals surface area contributed by atoms with Gasteiger partial charge in [0.2, 0.25) is 0 Å². The Bertz CT molecular complexity index is 620. The lowest BCUT2D eigenvalue weighted by Crippen LogP contribution is -1.96. The molecular weight excluding hydrogens is 292 g/mol. The van der Waals surface area contributed by atoms with E-state index in [1.165, 1.54) is 13.2 Å². The van der Waals surface area contributed by atoms with E-state index < -0.39 is 5.82 Å². The number of methoxy groups -OCH3 is 1. The minimum atomic E-state index is -0.554. The monoisotopic (exact) mass is 301 g/mol. The number of ether oxygens (including phenoxy) is 2. The summed E-state index contributed by atoms with van der Waals surface area (Å²) in [5, 5.41) is 0.769. The third-order valence-corrected chi connectivity index (χ3v) is 3.14. The van der Waals surface area contributed by atoms with E-state index in [1.54, 1.807) is 18.2 Å². The van der Waals surface area contributed by atoms with Crippen LogP contribution in [0.3, 0.4) is 0 Å². The third-order valence-electron chi connectivity index (χ3n) is 2.40. The van der Waals surface area contributed by atoms with Crippen LogP contribution in [0.2, 0.25) is 10.0 Å². The fourth-order valence-electron chi connectivity index (χ4n) is 1.46. The van der Waals surface area contributed by atoms with Gasteiger partial charge in [-0.15, -0.1) is 0 Å². The predicted molar refractivity (Wildman–Crippen MR) is 73.9 cm³/mol. The van der Waals surface area contributed by atoms with E-state index in [4.69, 9.17) is 38.4 Å². The SMILES string of the molecule is COc1cc(Oc2ccc(Cl)c(Cl)c2)c(N)cc1F. The lowest BCUT2D eigenvalue weighted by atomic mass is 10.2. The highest BCUT2D eigenvalue weighted by Crippen LogP contribution is 2.35. The van der Waals surface area contributed by atoms with E-state index in [9.17, 15) is 4.39 Å². The maximum absolute atomic E-state index is 13.4. The zero-order valence-electron chi connectivity index (χ0n) is 9.91. The summed E-state index contributed by atoms with van der Waals surface area (Å²) in [6.45, 7) is 0. The first-order valence-electron chi connectivity index (χ1n) is 5.27.